The van der Waals surface area contributed by atoms with E-state index >= 15 is 0 Å². The van der Waals surface area contributed by atoms with Crippen molar-refractivity contribution in [2.24, 2.45) is 11.8 Å². The van der Waals surface area contributed by atoms with Crippen molar-refractivity contribution < 1.29 is 14.6 Å². The Hall–Kier alpha value is -3.18. The average Bonchev–Trinajstić information content (AvgIpc) is 3.33. The molecule has 3 aromatic rings. The van der Waals surface area contributed by atoms with Gasteiger partial charge in [-0.05, 0) is 66.3 Å². The average molecular weight is 445 g/mol. The highest BCUT2D eigenvalue weighted by atomic mass is 16.5. The maximum absolute atomic E-state index is 12.8. The van der Waals surface area contributed by atoms with Crippen molar-refractivity contribution in [2.45, 2.75) is 38.3 Å². The van der Waals surface area contributed by atoms with E-state index in [0.717, 1.165) is 36.8 Å². The maximum Gasteiger partial charge on any atom is 0.253 e. The number of rotatable bonds is 8. The van der Waals surface area contributed by atoms with Crippen LogP contribution in [0.2, 0.25) is 0 Å². The number of aromatic nitrogens is 1. The highest BCUT2D eigenvalue weighted by Gasteiger charge is 2.30. The van der Waals surface area contributed by atoms with E-state index in [4.69, 9.17) is 4.74 Å². The molecule has 0 aliphatic heterocycles. The fourth-order valence-corrected chi connectivity index (χ4v) is 4.82. The quantitative estimate of drug-likeness (QED) is 0.528. The molecule has 172 valence electrons. The van der Waals surface area contributed by atoms with Crippen LogP contribution in [0.1, 0.15) is 52.4 Å². The first-order valence-corrected chi connectivity index (χ1v) is 11.6. The van der Waals surface area contributed by atoms with Gasteiger partial charge in [0.05, 0.1) is 13.2 Å². The molecule has 1 fully saturated rings. The predicted molar refractivity (Wildman–Crippen MR) is 129 cm³/mol. The molecule has 2 aromatic carbocycles. The maximum atomic E-state index is 12.8. The highest BCUT2D eigenvalue weighted by Crippen LogP contribution is 2.40. The van der Waals surface area contributed by atoms with Crippen LogP contribution in [0, 0.1) is 11.8 Å². The summed E-state index contributed by atoms with van der Waals surface area (Å²) in [7, 11) is 3.39. The molecule has 1 heterocycles. The Morgan fingerprint density at radius 1 is 1.06 bits per heavy atom. The van der Waals surface area contributed by atoms with E-state index in [2.05, 4.69) is 17.1 Å². The van der Waals surface area contributed by atoms with E-state index in [9.17, 15) is 9.90 Å². The number of aliphatic hydroxyl groups excluding tert-OH is 1. The van der Waals surface area contributed by atoms with Crippen molar-refractivity contribution in [1.29, 1.82) is 0 Å². The van der Waals surface area contributed by atoms with Crippen molar-refractivity contribution in [1.82, 2.24) is 9.88 Å². The van der Waals surface area contributed by atoms with Gasteiger partial charge in [-0.2, -0.15) is 0 Å². The Morgan fingerprint density at radius 3 is 2.45 bits per heavy atom. The number of ether oxygens (including phenoxy) is 1. The molecule has 5 heteroatoms. The minimum absolute atomic E-state index is 0.00992. The van der Waals surface area contributed by atoms with Gasteiger partial charge in [-0.1, -0.05) is 48.5 Å². The molecule has 33 heavy (non-hydrogen) atoms. The predicted octanol–water partition coefficient (Wildman–Crippen LogP) is 5.05. The number of hydrogen-bond donors (Lipinski definition) is 1. The van der Waals surface area contributed by atoms with Crippen LogP contribution in [0.25, 0.3) is 0 Å². The van der Waals surface area contributed by atoms with Crippen molar-refractivity contribution in [3.05, 3.63) is 95.2 Å². The van der Waals surface area contributed by atoms with Gasteiger partial charge in [-0.25, -0.2) is 4.98 Å². The van der Waals surface area contributed by atoms with Crippen LogP contribution in [-0.2, 0) is 13.0 Å². The molecule has 1 saturated carbocycles. The first-order valence-electron chi connectivity index (χ1n) is 11.6. The number of nitrogens with zero attached hydrogens (tertiary/aromatic N) is 2. The first-order chi connectivity index (χ1) is 16.0. The monoisotopic (exact) mass is 444 g/mol. The molecular weight excluding hydrogens is 412 g/mol. The van der Waals surface area contributed by atoms with E-state index in [1.54, 1.807) is 31.3 Å². The Labute approximate surface area is 196 Å². The number of pyridine rings is 1. The molecule has 3 atom stereocenters. The minimum atomic E-state index is -0.382. The van der Waals surface area contributed by atoms with Crippen molar-refractivity contribution in [3.63, 3.8) is 0 Å². The molecule has 0 bridgehead atoms. The number of carbonyl (C=O) groups is 1. The van der Waals surface area contributed by atoms with Crippen molar-refractivity contribution in [2.75, 3.05) is 14.2 Å². The topological polar surface area (TPSA) is 62.7 Å². The zero-order valence-electron chi connectivity index (χ0n) is 19.4. The smallest absolute Gasteiger partial charge is 0.253 e. The third kappa shape index (κ3) is 5.79. The molecule has 4 rings (SSSR count). The molecule has 0 spiro atoms. The van der Waals surface area contributed by atoms with Gasteiger partial charge in [0, 0.05) is 31.4 Å². The summed E-state index contributed by atoms with van der Waals surface area (Å²) in [6, 6.07) is 21.7. The van der Waals surface area contributed by atoms with E-state index < -0.39 is 0 Å². The van der Waals surface area contributed by atoms with Gasteiger partial charge in [0.1, 0.15) is 0 Å². The van der Waals surface area contributed by atoms with Crippen LogP contribution in [0.5, 0.6) is 5.88 Å². The van der Waals surface area contributed by atoms with Gasteiger partial charge in [0.25, 0.3) is 5.91 Å². The van der Waals surface area contributed by atoms with Crippen LogP contribution in [0.15, 0.2) is 72.9 Å². The summed E-state index contributed by atoms with van der Waals surface area (Å²) >= 11 is 0. The third-order valence-corrected chi connectivity index (χ3v) is 6.67. The largest absolute Gasteiger partial charge is 0.481 e. The number of aliphatic hydroxyl groups is 1. The van der Waals surface area contributed by atoms with E-state index in [1.165, 1.54) is 5.56 Å². The summed E-state index contributed by atoms with van der Waals surface area (Å²) in [5, 5.41) is 10.7. The van der Waals surface area contributed by atoms with Gasteiger partial charge in [-0.3, -0.25) is 4.79 Å². The molecule has 5 nitrogen and oxygen atoms in total. The minimum Gasteiger partial charge on any atom is -0.481 e. The number of methoxy groups -OCH3 is 1. The zero-order chi connectivity index (χ0) is 23.2. The van der Waals surface area contributed by atoms with Crippen molar-refractivity contribution >= 4 is 5.91 Å². The second-order valence-corrected chi connectivity index (χ2v) is 9.07. The summed E-state index contributed by atoms with van der Waals surface area (Å²) in [5.41, 5.74) is 3.90. The lowest BCUT2D eigenvalue weighted by Crippen LogP contribution is -2.26. The Kier molecular flexibility index (Phi) is 7.40. The fraction of sp³-hybridized carbons (Fsp3) is 0.357. The fourth-order valence-electron chi connectivity index (χ4n) is 4.82. The molecular formula is C28H32N2O3. The van der Waals surface area contributed by atoms with E-state index in [-0.39, 0.29) is 12.0 Å². The van der Waals surface area contributed by atoms with Crippen LogP contribution < -0.4 is 4.74 Å². The normalized spacial score (nSPS) is 18.6. The second kappa shape index (κ2) is 10.6. The summed E-state index contributed by atoms with van der Waals surface area (Å²) in [5.74, 6) is 1.44. The lowest BCUT2D eigenvalue weighted by molar-refractivity contribution is 0.0785. The van der Waals surface area contributed by atoms with Crippen molar-refractivity contribution in [3.8, 4) is 5.88 Å². The Balaban J connectivity index is 1.30. The Bertz CT molecular complexity index is 1040. The lowest BCUT2D eigenvalue weighted by atomic mass is 9.91. The standard InChI is InChI=1S/C28H32N2O3/c1-30(19-22-11-15-26(33-2)29-18-22)28(32)24-12-8-20(9-13-24)16-21-10-14-25(17-21)27(31)23-6-4-3-5-7-23/h3-9,11-13,15,18,21,25,27,31H,10,14,16-17,19H2,1-2H3/t21-,25-,27+/m0/s1. The molecule has 1 amide bonds. The summed E-state index contributed by atoms with van der Waals surface area (Å²) < 4.78 is 5.08. The van der Waals surface area contributed by atoms with E-state index in [1.807, 2.05) is 48.5 Å². The van der Waals surface area contributed by atoms with Crippen LogP contribution in [-0.4, -0.2) is 35.1 Å². The molecule has 0 saturated heterocycles. The Morgan fingerprint density at radius 2 is 1.79 bits per heavy atom. The second-order valence-electron chi connectivity index (χ2n) is 9.07. The van der Waals surface area contributed by atoms with Crippen LogP contribution >= 0.6 is 0 Å². The van der Waals surface area contributed by atoms with Crippen LogP contribution in [0.4, 0.5) is 0 Å². The van der Waals surface area contributed by atoms with E-state index in [0.29, 0.717) is 29.8 Å². The van der Waals surface area contributed by atoms with Gasteiger partial charge in [0.2, 0.25) is 5.88 Å². The van der Waals surface area contributed by atoms with Gasteiger partial charge < -0.3 is 14.7 Å². The molecule has 0 radical (unpaired) electrons. The SMILES string of the molecule is COc1ccc(CN(C)C(=O)c2ccc(C[C@@H]3CC[C@H]([C@H](O)c4ccccc4)C3)cc2)cn1. The van der Waals surface area contributed by atoms with Gasteiger partial charge in [-0.15, -0.1) is 0 Å². The third-order valence-electron chi connectivity index (χ3n) is 6.67. The summed E-state index contributed by atoms with van der Waals surface area (Å²) in [6.07, 6.45) is 5.56. The number of carbonyl (C=O) groups excluding carboxylic acids is 1. The molecule has 1 aromatic heterocycles. The molecule has 1 N–H and O–H groups in total. The highest BCUT2D eigenvalue weighted by molar-refractivity contribution is 5.94. The molecule has 0 unspecified atom stereocenters. The van der Waals surface area contributed by atoms with Gasteiger partial charge in [0.15, 0.2) is 0 Å². The van der Waals surface area contributed by atoms with Crippen LogP contribution in [0.3, 0.4) is 0 Å². The lowest BCUT2D eigenvalue weighted by Gasteiger charge is -2.19. The molecule has 1 aliphatic rings. The zero-order valence-corrected chi connectivity index (χ0v) is 19.4. The summed E-state index contributed by atoms with van der Waals surface area (Å²) in [6.45, 7) is 0.491. The first kappa shape index (κ1) is 23.0. The number of amides is 1. The summed E-state index contributed by atoms with van der Waals surface area (Å²) in [4.78, 5) is 18.7. The molecule has 1 aliphatic carbocycles. The number of benzene rings is 2. The number of hydrogen-bond acceptors (Lipinski definition) is 4. The van der Waals surface area contributed by atoms with Gasteiger partial charge >= 0.3 is 0 Å².